The van der Waals surface area contributed by atoms with Crippen molar-refractivity contribution in [2.75, 3.05) is 26.7 Å². The Kier molecular flexibility index (Phi) is 5.45. The third-order valence-corrected chi connectivity index (χ3v) is 4.04. The van der Waals surface area contributed by atoms with E-state index in [1.54, 1.807) is 7.11 Å². The fourth-order valence-corrected chi connectivity index (χ4v) is 3.05. The first kappa shape index (κ1) is 16.1. The van der Waals surface area contributed by atoms with Crippen LogP contribution in [0.1, 0.15) is 12.5 Å². The summed E-state index contributed by atoms with van der Waals surface area (Å²) < 4.78 is 5.47. The van der Waals surface area contributed by atoms with Crippen LogP contribution in [0.25, 0.3) is 10.8 Å². The Morgan fingerprint density at radius 2 is 1.95 bits per heavy atom. The van der Waals surface area contributed by atoms with Gasteiger partial charge >= 0.3 is 0 Å². The minimum Gasteiger partial charge on any atom is -0.496 e. The van der Waals surface area contributed by atoms with Crippen LogP contribution in [0.4, 0.5) is 0 Å². The number of hydrogen-bond acceptors (Lipinski definition) is 3. The molecule has 0 saturated carbocycles. The lowest BCUT2D eigenvalue weighted by atomic mass is 10.0. The molecule has 1 atom stereocenters. The van der Waals surface area contributed by atoms with Crippen molar-refractivity contribution >= 4 is 23.2 Å². The van der Waals surface area contributed by atoms with E-state index in [-0.39, 0.29) is 12.4 Å². The number of benzene rings is 2. The quantitative estimate of drug-likeness (QED) is 0.943. The van der Waals surface area contributed by atoms with E-state index in [0.29, 0.717) is 6.04 Å². The van der Waals surface area contributed by atoms with Gasteiger partial charge in [0.25, 0.3) is 0 Å². The van der Waals surface area contributed by atoms with E-state index in [9.17, 15) is 0 Å². The Morgan fingerprint density at radius 1 is 1.19 bits per heavy atom. The van der Waals surface area contributed by atoms with Gasteiger partial charge in [0, 0.05) is 37.6 Å². The minimum absolute atomic E-state index is 0. The zero-order chi connectivity index (χ0) is 13.9. The van der Waals surface area contributed by atoms with Gasteiger partial charge in [-0.3, -0.25) is 4.90 Å². The van der Waals surface area contributed by atoms with E-state index in [0.717, 1.165) is 31.9 Å². The minimum atomic E-state index is 0. The number of ether oxygens (including phenoxy) is 1. The fourth-order valence-electron chi connectivity index (χ4n) is 3.05. The van der Waals surface area contributed by atoms with E-state index in [1.807, 2.05) is 0 Å². The van der Waals surface area contributed by atoms with Gasteiger partial charge in [0.05, 0.1) is 7.11 Å². The lowest BCUT2D eigenvalue weighted by Gasteiger charge is -2.32. The fraction of sp³-hybridized carbons (Fsp3) is 0.412. The molecule has 0 spiro atoms. The number of nitrogens with one attached hydrogen (secondary N) is 1. The molecule has 1 heterocycles. The van der Waals surface area contributed by atoms with Crippen molar-refractivity contribution in [1.82, 2.24) is 10.2 Å². The first-order chi connectivity index (χ1) is 9.78. The van der Waals surface area contributed by atoms with Gasteiger partial charge in [-0.2, -0.15) is 0 Å². The summed E-state index contributed by atoms with van der Waals surface area (Å²) in [5, 5.41) is 6.00. The summed E-state index contributed by atoms with van der Waals surface area (Å²) >= 11 is 0. The molecule has 1 N–H and O–H groups in total. The molecule has 2 aromatic rings. The lowest BCUT2D eigenvalue weighted by Crippen LogP contribution is -2.48. The highest BCUT2D eigenvalue weighted by Crippen LogP contribution is 2.29. The van der Waals surface area contributed by atoms with Crippen molar-refractivity contribution in [2.24, 2.45) is 0 Å². The van der Waals surface area contributed by atoms with Crippen LogP contribution in [-0.2, 0) is 6.54 Å². The maximum absolute atomic E-state index is 5.47. The van der Waals surface area contributed by atoms with Crippen LogP contribution >= 0.6 is 12.4 Å². The summed E-state index contributed by atoms with van der Waals surface area (Å²) in [6.45, 7) is 6.56. The van der Waals surface area contributed by atoms with Gasteiger partial charge < -0.3 is 10.1 Å². The zero-order valence-corrected chi connectivity index (χ0v) is 13.5. The molecule has 0 radical (unpaired) electrons. The Bertz CT molecular complexity index is 602. The molecule has 0 bridgehead atoms. The molecular weight excluding hydrogens is 284 g/mol. The van der Waals surface area contributed by atoms with Crippen LogP contribution in [0.5, 0.6) is 5.75 Å². The first-order valence-corrected chi connectivity index (χ1v) is 7.28. The van der Waals surface area contributed by atoms with Crippen LogP contribution in [-0.4, -0.2) is 37.7 Å². The summed E-state index contributed by atoms with van der Waals surface area (Å²) in [5.74, 6) is 0.957. The molecule has 0 aliphatic carbocycles. The van der Waals surface area contributed by atoms with Crippen molar-refractivity contribution in [1.29, 1.82) is 0 Å². The van der Waals surface area contributed by atoms with Crippen molar-refractivity contribution in [2.45, 2.75) is 19.5 Å². The topological polar surface area (TPSA) is 24.5 Å². The molecule has 0 aromatic heterocycles. The summed E-state index contributed by atoms with van der Waals surface area (Å²) in [5.41, 5.74) is 1.38. The molecule has 2 aromatic carbocycles. The number of piperazine rings is 1. The third-order valence-electron chi connectivity index (χ3n) is 4.04. The van der Waals surface area contributed by atoms with E-state index in [2.05, 4.69) is 53.5 Å². The Hall–Kier alpha value is -1.29. The number of methoxy groups -OCH3 is 1. The summed E-state index contributed by atoms with van der Waals surface area (Å²) in [6.07, 6.45) is 0. The van der Waals surface area contributed by atoms with Crippen molar-refractivity contribution in [3.63, 3.8) is 0 Å². The third kappa shape index (κ3) is 3.49. The van der Waals surface area contributed by atoms with Crippen molar-refractivity contribution < 1.29 is 4.74 Å². The molecule has 114 valence electrons. The molecule has 1 aliphatic rings. The molecule has 3 rings (SSSR count). The zero-order valence-electron chi connectivity index (χ0n) is 12.6. The van der Waals surface area contributed by atoms with Crippen LogP contribution < -0.4 is 10.1 Å². The number of hydrogen-bond donors (Lipinski definition) is 1. The maximum Gasteiger partial charge on any atom is 0.126 e. The molecule has 1 aliphatic heterocycles. The van der Waals surface area contributed by atoms with Gasteiger partial charge in [0.2, 0.25) is 0 Å². The van der Waals surface area contributed by atoms with Gasteiger partial charge in [0.1, 0.15) is 5.75 Å². The van der Waals surface area contributed by atoms with Crippen LogP contribution in [0.2, 0.25) is 0 Å². The second-order valence-electron chi connectivity index (χ2n) is 5.56. The Morgan fingerprint density at radius 3 is 2.67 bits per heavy atom. The average molecular weight is 307 g/mol. The van der Waals surface area contributed by atoms with E-state index in [1.165, 1.54) is 16.3 Å². The number of halogens is 1. The van der Waals surface area contributed by atoms with Crippen molar-refractivity contribution in [3.8, 4) is 5.75 Å². The standard InChI is InChI=1S/C17H22N2O.ClH/c1-13-11-19(10-9-18-13)12-14-7-8-17(20-2)16-6-4-3-5-15(14)16;/h3-8,13,18H,9-12H2,1-2H3;1H/t13-;/m0./s1. The molecule has 3 nitrogen and oxygen atoms in total. The summed E-state index contributed by atoms with van der Waals surface area (Å²) in [7, 11) is 1.74. The number of fused-ring (bicyclic) bond motifs is 1. The van der Waals surface area contributed by atoms with Gasteiger partial charge in [-0.05, 0) is 23.9 Å². The molecule has 4 heteroatoms. The largest absolute Gasteiger partial charge is 0.496 e. The average Bonchev–Trinajstić information content (AvgIpc) is 2.48. The van der Waals surface area contributed by atoms with Crippen LogP contribution in [0.3, 0.4) is 0 Å². The smallest absolute Gasteiger partial charge is 0.126 e. The normalized spacial score (nSPS) is 19.2. The first-order valence-electron chi connectivity index (χ1n) is 7.28. The van der Waals surface area contributed by atoms with E-state index >= 15 is 0 Å². The number of nitrogens with zero attached hydrogens (tertiary/aromatic N) is 1. The van der Waals surface area contributed by atoms with E-state index in [4.69, 9.17) is 4.74 Å². The van der Waals surface area contributed by atoms with E-state index < -0.39 is 0 Å². The molecule has 1 fully saturated rings. The summed E-state index contributed by atoms with van der Waals surface area (Å²) in [4.78, 5) is 2.52. The highest BCUT2D eigenvalue weighted by molar-refractivity contribution is 5.91. The molecular formula is C17H23ClN2O. The highest BCUT2D eigenvalue weighted by Gasteiger charge is 2.16. The Labute approximate surface area is 132 Å². The second-order valence-corrected chi connectivity index (χ2v) is 5.56. The molecule has 1 saturated heterocycles. The highest BCUT2D eigenvalue weighted by atomic mass is 35.5. The SMILES string of the molecule is COc1ccc(CN2CCN[C@@H](C)C2)c2ccccc12.Cl. The second kappa shape index (κ2) is 7.12. The summed E-state index contributed by atoms with van der Waals surface area (Å²) in [6, 6.07) is 13.4. The maximum atomic E-state index is 5.47. The van der Waals surface area contributed by atoms with Crippen LogP contribution in [0, 0.1) is 0 Å². The van der Waals surface area contributed by atoms with Crippen molar-refractivity contribution in [3.05, 3.63) is 42.0 Å². The predicted molar refractivity (Wildman–Crippen MR) is 90.5 cm³/mol. The molecule has 0 amide bonds. The molecule has 0 unspecified atom stereocenters. The monoisotopic (exact) mass is 306 g/mol. The van der Waals surface area contributed by atoms with Gasteiger partial charge in [0.15, 0.2) is 0 Å². The number of rotatable bonds is 3. The van der Waals surface area contributed by atoms with Crippen LogP contribution in [0.15, 0.2) is 36.4 Å². The van der Waals surface area contributed by atoms with Gasteiger partial charge in [-0.1, -0.05) is 30.3 Å². The Balaban J connectivity index is 0.00000161. The van der Waals surface area contributed by atoms with Gasteiger partial charge in [-0.25, -0.2) is 0 Å². The lowest BCUT2D eigenvalue weighted by molar-refractivity contribution is 0.200. The predicted octanol–water partition coefficient (Wildman–Crippen LogP) is 3.06. The molecule has 21 heavy (non-hydrogen) atoms. The van der Waals surface area contributed by atoms with Gasteiger partial charge in [-0.15, -0.1) is 12.4 Å².